The van der Waals surface area contributed by atoms with Crippen LogP contribution in [0.5, 0.6) is 0 Å². The molecule has 0 aromatic carbocycles. The van der Waals surface area contributed by atoms with E-state index >= 15 is 0 Å². The molecule has 2 heterocycles. The molecule has 118 valence electrons. The zero-order chi connectivity index (χ0) is 14.8. The summed E-state index contributed by atoms with van der Waals surface area (Å²) < 4.78 is 34.7. The van der Waals surface area contributed by atoms with Gasteiger partial charge in [0.15, 0.2) is 0 Å². The first-order valence-electron chi connectivity index (χ1n) is 7.34. The average Bonchev–Trinajstić information content (AvgIpc) is 2.37. The number of ether oxygens (including phenoxy) is 1. The fourth-order valence-corrected chi connectivity index (χ4v) is 4.41. The highest BCUT2D eigenvalue weighted by atomic mass is 32.2. The molecular weight excluding hydrogens is 280 g/mol. The Kier molecular flexibility index (Phi) is 5.07. The summed E-state index contributed by atoms with van der Waals surface area (Å²) in [5.41, 5.74) is -0.269. The summed E-state index contributed by atoms with van der Waals surface area (Å²) in [4.78, 5) is 0. The molecule has 2 fully saturated rings. The van der Waals surface area contributed by atoms with Crippen molar-refractivity contribution in [1.29, 1.82) is 0 Å². The van der Waals surface area contributed by atoms with E-state index in [4.69, 9.17) is 9.84 Å². The minimum atomic E-state index is -3.42. The van der Waals surface area contributed by atoms with E-state index < -0.39 is 10.2 Å². The topological polar surface area (TPSA) is 78.9 Å². The number of hydrogen-bond donors (Lipinski definition) is 2. The van der Waals surface area contributed by atoms with E-state index in [1.807, 2.05) is 13.8 Å². The van der Waals surface area contributed by atoms with Crippen LogP contribution < -0.4 is 4.72 Å². The molecule has 7 heteroatoms. The lowest BCUT2D eigenvalue weighted by Gasteiger charge is -2.37. The Morgan fingerprint density at radius 2 is 1.95 bits per heavy atom. The Balaban J connectivity index is 1.91. The Morgan fingerprint density at radius 3 is 2.50 bits per heavy atom. The second kappa shape index (κ2) is 6.27. The second-order valence-electron chi connectivity index (χ2n) is 6.45. The minimum Gasteiger partial charge on any atom is -0.396 e. The van der Waals surface area contributed by atoms with E-state index in [9.17, 15) is 8.42 Å². The molecule has 0 aliphatic carbocycles. The van der Waals surface area contributed by atoms with Crippen molar-refractivity contribution in [3.05, 3.63) is 0 Å². The van der Waals surface area contributed by atoms with Crippen LogP contribution in [0.15, 0.2) is 0 Å². The van der Waals surface area contributed by atoms with E-state index in [1.54, 1.807) is 0 Å². The minimum absolute atomic E-state index is 0.0562. The maximum atomic E-state index is 12.4. The lowest BCUT2D eigenvalue weighted by Crippen LogP contribution is -2.52. The monoisotopic (exact) mass is 306 g/mol. The number of piperidine rings is 1. The summed E-state index contributed by atoms with van der Waals surface area (Å²) in [6.45, 7) is 5.70. The maximum absolute atomic E-state index is 12.4. The molecule has 0 radical (unpaired) electrons. The number of rotatable bonds is 4. The molecule has 2 rings (SSSR count). The fraction of sp³-hybridized carbons (Fsp3) is 1.00. The Labute approximate surface area is 121 Å². The van der Waals surface area contributed by atoms with Crippen LogP contribution in [0.3, 0.4) is 0 Å². The standard InChI is InChI=1S/C13H26N2O4S/c1-13(2)9-12(5-8-19-13)14-20(17,18)15-6-3-11(10-16)4-7-15/h11-12,14,16H,3-10H2,1-2H3. The van der Waals surface area contributed by atoms with Gasteiger partial charge in [-0.2, -0.15) is 17.4 Å². The quantitative estimate of drug-likeness (QED) is 0.792. The Bertz CT molecular complexity index is 416. The SMILES string of the molecule is CC1(C)CC(NS(=O)(=O)N2CCC(CO)CC2)CCO1. The van der Waals surface area contributed by atoms with Gasteiger partial charge in [0.1, 0.15) is 0 Å². The van der Waals surface area contributed by atoms with Crippen LogP contribution in [0, 0.1) is 5.92 Å². The van der Waals surface area contributed by atoms with Gasteiger partial charge in [0.05, 0.1) is 5.60 Å². The van der Waals surface area contributed by atoms with Crippen LogP contribution in [0.2, 0.25) is 0 Å². The molecule has 2 aliphatic heterocycles. The van der Waals surface area contributed by atoms with Crippen molar-refractivity contribution < 1.29 is 18.3 Å². The molecule has 1 atom stereocenters. The summed E-state index contributed by atoms with van der Waals surface area (Å²) >= 11 is 0. The summed E-state index contributed by atoms with van der Waals surface area (Å²) in [5.74, 6) is 0.239. The van der Waals surface area contributed by atoms with Crippen molar-refractivity contribution in [1.82, 2.24) is 9.03 Å². The van der Waals surface area contributed by atoms with Crippen LogP contribution in [-0.2, 0) is 14.9 Å². The van der Waals surface area contributed by atoms with Crippen LogP contribution in [0.25, 0.3) is 0 Å². The van der Waals surface area contributed by atoms with Crippen molar-refractivity contribution in [2.45, 2.75) is 51.2 Å². The highest BCUT2D eigenvalue weighted by Crippen LogP contribution is 2.25. The van der Waals surface area contributed by atoms with E-state index in [1.165, 1.54) is 4.31 Å². The van der Waals surface area contributed by atoms with Crippen molar-refractivity contribution in [2.24, 2.45) is 5.92 Å². The number of aliphatic hydroxyl groups excluding tert-OH is 1. The van der Waals surface area contributed by atoms with Gasteiger partial charge in [0, 0.05) is 32.3 Å². The molecule has 0 bridgehead atoms. The van der Waals surface area contributed by atoms with Gasteiger partial charge in [0.25, 0.3) is 10.2 Å². The molecule has 0 aromatic heterocycles. The number of nitrogens with one attached hydrogen (secondary N) is 1. The largest absolute Gasteiger partial charge is 0.396 e. The first kappa shape index (κ1) is 16.2. The molecule has 0 spiro atoms. The third-order valence-corrected chi connectivity index (χ3v) is 5.86. The lowest BCUT2D eigenvalue weighted by atomic mass is 9.95. The first-order valence-corrected chi connectivity index (χ1v) is 8.79. The van der Waals surface area contributed by atoms with Crippen molar-refractivity contribution in [2.75, 3.05) is 26.3 Å². The molecule has 2 aliphatic rings. The normalized spacial score (nSPS) is 29.4. The molecule has 0 saturated carbocycles. The summed E-state index contributed by atoms with van der Waals surface area (Å²) in [7, 11) is -3.42. The first-order chi connectivity index (χ1) is 9.32. The highest BCUT2D eigenvalue weighted by Gasteiger charge is 2.34. The van der Waals surface area contributed by atoms with Gasteiger partial charge in [-0.15, -0.1) is 0 Å². The number of hydrogen-bond acceptors (Lipinski definition) is 4. The Morgan fingerprint density at radius 1 is 1.30 bits per heavy atom. The lowest BCUT2D eigenvalue weighted by molar-refractivity contribution is -0.0601. The predicted octanol–water partition coefficient (Wildman–Crippen LogP) is 0.483. The molecular formula is C13H26N2O4S. The number of nitrogens with zero attached hydrogens (tertiary/aromatic N) is 1. The molecule has 0 aromatic rings. The van der Waals surface area contributed by atoms with Gasteiger partial charge in [0.2, 0.25) is 0 Å². The van der Waals surface area contributed by atoms with Crippen LogP contribution in [0.1, 0.15) is 39.5 Å². The van der Waals surface area contributed by atoms with Crippen LogP contribution >= 0.6 is 0 Å². The zero-order valence-electron chi connectivity index (χ0n) is 12.3. The smallest absolute Gasteiger partial charge is 0.279 e. The van der Waals surface area contributed by atoms with E-state index in [0.29, 0.717) is 26.1 Å². The van der Waals surface area contributed by atoms with E-state index in [2.05, 4.69) is 4.72 Å². The number of aliphatic hydroxyl groups is 1. The maximum Gasteiger partial charge on any atom is 0.279 e. The predicted molar refractivity (Wildman–Crippen MR) is 76.5 cm³/mol. The summed E-state index contributed by atoms with van der Waals surface area (Å²) in [5, 5.41) is 9.10. The molecule has 2 N–H and O–H groups in total. The third kappa shape index (κ3) is 4.14. The third-order valence-electron chi connectivity index (χ3n) is 4.18. The molecule has 6 nitrogen and oxygen atoms in total. The molecule has 20 heavy (non-hydrogen) atoms. The summed E-state index contributed by atoms with van der Waals surface area (Å²) in [6.07, 6.45) is 2.88. The second-order valence-corrected chi connectivity index (χ2v) is 8.15. The fourth-order valence-electron chi connectivity index (χ4n) is 2.95. The van der Waals surface area contributed by atoms with Crippen molar-refractivity contribution in [3.8, 4) is 0 Å². The molecule has 1 unspecified atom stereocenters. The van der Waals surface area contributed by atoms with E-state index in [0.717, 1.165) is 19.3 Å². The van der Waals surface area contributed by atoms with Gasteiger partial charge in [-0.25, -0.2) is 0 Å². The summed E-state index contributed by atoms with van der Waals surface area (Å²) in [6, 6.07) is -0.0562. The van der Waals surface area contributed by atoms with Gasteiger partial charge < -0.3 is 9.84 Å². The van der Waals surface area contributed by atoms with Crippen molar-refractivity contribution in [3.63, 3.8) is 0 Å². The van der Waals surface area contributed by atoms with Gasteiger partial charge >= 0.3 is 0 Å². The molecule has 2 saturated heterocycles. The zero-order valence-corrected chi connectivity index (χ0v) is 13.2. The Hall–Kier alpha value is -0.210. The van der Waals surface area contributed by atoms with Gasteiger partial charge in [-0.1, -0.05) is 0 Å². The van der Waals surface area contributed by atoms with Crippen molar-refractivity contribution >= 4 is 10.2 Å². The van der Waals surface area contributed by atoms with Crippen LogP contribution in [-0.4, -0.2) is 55.8 Å². The van der Waals surface area contributed by atoms with Crippen LogP contribution in [0.4, 0.5) is 0 Å². The molecule has 0 amide bonds. The van der Waals surface area contributed by atoms with E-state index in [-0.39, 0.29) is 24.2 Å². The van der Waals surface area contributed by atoms with Gasteiger partial charge in [-0.05, 0) is 45.4 Å². The average molecular weight is 306 g/mol. The highest BCUT2D eigenvalue weighted by molar-refractivity contribution is 7.87. The van der Waals surface area contributed by atoms with Gasteiger partial charge in [-0.3, -0.25) is 0 Å².